The molecule has 4 N–H and O–H groups in total. The van der Waals surface area contributed by atoms with Gasteiger partial charge in [-0.25, -0.2) is 9.59 Å². The van der Waals surface area contributed by atoms with E-state index in [1.807, 2.05) is 6.92 Å². The number of anilines is 1. The first-order valence-corrected chi connectivity index (χ1v) is 5.61. The van der Waals surface area contributed by atoms with Crippen molar-refractivity contribution in [3.63, 3.8) is 0 Å². The van der Waals surface area contributed by atoms with E-state index in [1.165, 1.54) is 18.2 Å². The molecule has 0 aliphatic heterocycles. The molecule has 0 aromatic heterocycles. The second-order valence-electron chi connectivity index (χ2n) is 4.46. The van der Waals surface area contributed by atoms with Crippen LogP contribution in [0.4, 0.5) is 10.5 Å². The number of amides is 2. The maximum Gasteiger partial charge on any atom is 0.339 e. The molecule has 2 unspecified atom stereocenters. The van der Waals surface area contributed by atoms with Gasteiger partial charge in [0.2, 0.25) is 0 Å². The Bertz CT molecular complexity index is 501. The summed E-state index contributed by atoms with van der Waals surface area (Å²) in [5, 5.41) is 23.4. The highest BCUT2D eigenvalue weighted by molar-refractivity contribution is 5.95. The predicted molar refractivity (Wildman–Crippen MR) is 64.8 cm³/mol. The summed E-state index contributed by atoms with van der Waals surface area (Å²) in [6.07, 6.45) is 0.962. The Labute approximate surface area is 104 Å². The summed E-state index contributed by atoms with van der Waals surface area (Å²) in [5.41, 5.74) is 0.0867. The molecule has 1 aliphatic carbocycles. The summed E-state index contributed by atoms with van der Waals surface area (Å²) >= 11 is 0. The Balaban J connectivity index is 2.02. The molecule has 2 rings (SSSR count). The Morgan fingerprint density at radius 3 is 2.61 bits per heavy atom. The average Bonchev–Trinajstić information content (AvgIpc) is 2.96. The van der Waals surface area contributed by atoms with E-state index >= 15 is 0 Å². The number of rotatable bonds is 3. The van der Waals surface area contributed by atoms with Gasteiger partial charge in [-0.15, -0.1) is 0 Å². The first-order chi connectivity index (χ1) is 8.47. The number of carbonyl (C=O) groups excluding carboxylic acids is 1. The van der Waals surface area contributed by atoms with E-state index in [0.29, 0.717) is 11.6 Å². The zero-order valence-corrected chi connectivity index (χ0v) is 9.80. The minimum Gasteiger partial charge on any atom is -0.507 e. The van der Waals surface area contributed by atoms with Crippen LogP contribution in [0.5, 0.6) is 5.75 Å². The molecule has 1 saturated carbocycles. The average molecular weight is 250 g/mol. The van der Waals surface area contributed by atoms with Crippen LogP contribution < -0.4 is 10.6 Å². The largest absolute Gasteiger partial charge is 0.507 e. The smallest absolute Gasteiger partial charge is 0.339 e. The molecule has 1 aromatic rings. The molecule has 2 atom stereocenters. The van der Waals surface area contributed by atoms with Gasteiger partial charge in [-0.05, 0) is 30.5 Å². The van der Waals surface area contributed by atoms with Crippen molar-refractivity contribution >= 4 is 17.7 Å². The lowest BCUT2D eigenvalue weighted by Gasteiger charge is -2.08. The molecule has 2 amide bonds. The first-order valence-electron chi connectivity index (χ1n) is 5.61. The molecular weight excluding hydrogens is 236 g/mol. The van der Waals surface area contributed by atoms with Crippen molar-refractivity contribution in [2.45, 2.75) is 19.4 Å². The van der Waals surface area contributed by atoms with Gasteiger partial charge in [-0.3, -0.25) is 0 Å². The lowest BCUT2D eigenvalue weighted by Crippen LogP contribution is -2.31. The second-order valence-corrected chi connectivity index (χ2v) is 4.46. The van der Waals surface area contributed by atoms with Crippen LogP contribution in [0.25, 0.3) is 0 Å². The lowest BCUT2D eigenvalue weighted by atomic mass is 10.2. The summed E-state index contributed by atoms with van der Waals surface area (Å²) in [7, 11) is 0. The quantitative estimate of drug-likeness (QED) is 0.612. The standard InChI is InChI=1S/C12H14N2O4/c1-6-4-9(6)14-12(18)13-7-2-3-10(15)8(5-7)11(16)17/h2-3,5-6,9,15H,4H2,1H3,(H,16,17)(H2,13,14,18). The van der Waals surface area contributed by atoms with Gasteiger partial charge in [-0.1, -0.05) is 6.92 Å². The van der Waals surface area contributed by atoms with E-state index in [9.17, 15) is 14.7 Å². The molecule has 1 aromatic carbocycles. The molecular formula is C12H14N2O4. The van der Waals surface area contributed by atoms with Crippen LogP contribution in [0.15, 0.2) is 18.2 Å². The van der Waals surface area contributed by atoms with Gasteiger partial charge >= 0.3 is 12.0 Å². The highest BCUT2D eigenvalue weighted by Crippen LogP contribution is 2.29. The predicted octanol–water partition coefficient (Wildman–Crippen LogP) is 1.62. The molecule has 6 nitrogen and oxygen atoms in total. The maximum absolute atomic E-state index is 11.5. The Hall–Kier alpha value is -2.24. The van der Waals surface area contributed by atoms with Crippen molar-refractivity contribution in [2.24, 2.45) is 5.92 Å². The van der Waals surface area contributed by atoms with Gasteiger partial charge in [-0.2, -0.15) is 0 Å². The second kappa shape index (κ2) is 4.56. The number of benzene rings is 1. The summed E-state index contributed by atoms with van der Waals surface area (Å²) in [4.78, 5) is 22.3. The number of carboxylic acids is 1. The number of nitrogens with one attached hydrogen (secondary N) is 2. The van der Waals surface area contributed by atoms with Gasteiger partial charge in [0.25, 0.3) is 0 Å². The van der Waals surface area contributed by atoms with Crippen LogP contribution in [-0.2, 0) is 0 Å². The van der Waals surface area contributed by atoms with Crippen LogP contribution in [-0.4, -0.2) is 28.3 Å². The minimum atomic E-state index is -1.24. The summed E-state index contributed by atoms with van der Waals surface area (Å²) in [6.45, 7) is 2.04. The highest BCUT2D eigenvalue weighted by Gasteiger charge is 2.33. The fourth-order valence-corrected chi connectivity index (χ4v) is 1.64. The van der Waals surface area contributed by atoms with Crippen LogP contribution in [0.1, 0.15) is 23.7 Å². The van der Waals surface area contributed by atoms with Gasteiger partial charge in [0.05, 0.1) is 0 Å². The molecule has 0 heterocycles. The van der Waals surface area contributed by atoms with Gasteiger partial charge < -0.3 is 20.8 Å². The van der Waals surface area contributed by atoms with Crippen molar-refractivity contribution in [1.29, 1.82) is 0 Å². The molecule has 0 spiro atoms. The zero-order chi connectivity index (χ0) is 13.3. The minimum absolute atomic E-state index is 0.195. The number of urea groups is 1. The maximum atomic E-state index is 11.5. The third kappa shape index (κ3) is 2.71. The van der Waals surface area contributed by atoms with E-state index in [1.54, 1.807) is 0 Å². The first kappa shape index (κ1) is 12.2. The lowest BCUT2D eigenvalue weighted by molar-refractivity contribution is 0.0693. The van der Waals surface area contributed by atoms with E-state index in [-0.39, 0.29) is 23.4 Å². The number of aromatic hydroxyl groups is 1. The third-order valence-electron chi connectivity index (χ3n) is 2.91. The SMILES string of the molecule is CC1CC1NC(=O)Nc1ccc(O)c(C(=O)O)c1. The summed E-state index contributed by atoms with van der Waals surface area (Å²) in [6, 6.07) is 3.72. The van der Waals surface area contributed by atoms with Crippen molar-refractivity contribution in [3.8, 4) is 5.75 Å². The normalized spacial score (nSPS) is 21.2. The van der Waals surface area contributed by atoms with E-state index in [2.05, 4.69) is 10.6 Å². The fraction of sp³-hybridized carbons (Fsp3) is 0.333. The van der Waals surface area contributed by atoms with E-state index in [0.717, 1.165) is 6.42 Å². The molecule has 6 heteroatoms. The number of carbonyl (C=O) groups is 2. The van der Waals surface area contributed by atoms with Crippen molar-refractivity contribution < 1.29 is 19.8 Å². The topological polar surface area (TPSA) is 98.7 Å². The van der Waals surface area contributed by atoms with Gasteiger partial charge in [0.15, 0.2) is 0 Å². The van der Waals surface area contributed by atoms with Gasteiger partial charge in [0.1, 0.15) is 11.3 Å². The van der Waals surface area contributed by atoms with Crippen LogP contribution in [0.3, 0.4) is 0 Å². The van der Waals surface area contributed by atoms with Crippen molar-refractivity contribution in [2.75, 3.05) is 5.32 Å². The zero-order valence-electron chi connectivity index (χ0n) is 9.80. The summed E-state index contributed by atoms with van der Waals surface area (Å²) in [5.74, 6) is -1.08. The molecule has 18 heavy (non-hydrogen) atoms. The Kier molecular flexibility index (Phi) is 3.10. The summed E-state index contributed by atoms with van der Waals surface area (Å²) < 4.78 is 0. The van der Waals surface area contributed by atoms with Gasteiger partial charge in [0, 0.05) is 11.7 Å². The number of phenols is 1. The molecule has 0 radical (unpaired) electrons. The fourth-order valence-electron chi connectivity index (χ4n) is 1.64. The molecule has 0 saturated heterocycles. The molecule has 96 valence electrons. The Morgan fingerprint density at radius 2 is 2.06 bits per heavy atom. The highest BCUT2D eigenvalue weighted by atomic mass is 16.4. The molecule has 1 fully saturated rings. The Morgan fingerprint density at radius 1 is 1.39 bits per heavy atom. The number of hydrogen-bond acceptors (Lipinski definition) is 3. The molecule has 0 bridgehead atoms. The third-order valence-corrected chi connectivity index (χ3v) is 2.91. The number of hydrogen-bond donors (Lipinski definition) is 4. The van der Waals surface area contributed by atoms with Crippen LogP contribution in [0, 0.1) is 5.92 Å². The van der Waals surface area contributed by atoms with Crippen LogP contribution in [0.2, 0.25) is 0 Å². The van der Waals surface area contributed by atoms with E-state index in [4.69, 9.17) is 5.11 Å². The van der Waals surface area contributed by atoms with E-state index < -0.39 is 5.97 Å². The van der Waals surface area contributed by atoms with Crippen molar-refractivity contribution in [1.82, 2.24) is 5.32 Å². The number of aromatic carboxylic acids is 1. The van der Waals surface area contributed by atoms with Crippen molar-refractivity contribution in [3.05, 3.63) is 23.8 Å². The monoisotopic (exact) mass is 250 g/mol. The van der Waals surface area contributed by atoms with Crippen LogP contribution >= 0.6 is 0 Å². The number of carboxylic acid groups (broad SMARTS) is 1. The molecule has 1 aliphatic rings.